The van der Waals surface area contributed by atoms with Gasteiger partial charge < -0.3 is 10.6 Å². The fourth-order valence-electron chi connectivity index (χ4n) is 2.69. The summed E-state index contributed by atoms with van der Waals surface area (Å²) in [6.45, 7) is 2.45. The summed E-state index contributed by atoms with van der Waals surface area (Å²) in [7, 11) is 0. The van der Waals surface area contributed by atoms with Gasteiger partial charge in [-0.25, -0.2) is 0 Å². The van der Waals surface area contributed by atoms with E-state index < -0.39 is 0 Å². The molecular formula is C21H21N3O4S2. The zero-order valence-electron chi connectivity index (χ0n) is 16.3. The Kier molecular flexibility index (Phi) is 7.42. The van der Waals surface area contributed by atoms with Gasteiger partial charge in [0.25, 0.3) is 17.1 Å². The van der Waals surface area contributed by atoms with Gasteiger partial charge in [-0.05, 0) is 41.8 Å². The summed E-state index contributed by atoms with van der Waals surface area (Å²) in [6, 6.07) is 9.37. The van der Waals surface area contributed by atoms with E-state index in [0.717, 1.165) is 27.8 Å². The van der Waals surface area contributed by atoms with Gasteiger partial charge in [-0.15, -0.1) is 0 Å². The molecule has 0 spiro atoms. The van der Waals surface area contributed by atoms with Crippen molar-refractivity contribution in [1.82, 2.24) is 15.5 Å². The van der Waals surface area contributed by atoms with Crippen LogP contribution in [0, 0.1) is 6.92 Å². The van der Waals surface area contributed by atoms with Crippen molar-refractivity contribution < 1.29 is 19.2 Å². The van der Waals surface area contributed by atoms with Gasteiger partial charge in [0.05, 0.1) is 4.91 Å². The largest absolute Gasteiger partial charge is 0.354 e. The van der Waals surface area contributed by atoms with Gasteiger partial charge in [0.2, 0.25) is 5.91 Å². The zero-order chi connectivity index (χ0) is 21.5. The monoisotopic (exact) mass is 443 g/mol. The lowest BCUT2D eigenvalue weighted by atomic mass is 10.1. The summed E-state index contributed by atoms with van der Waals surface area (Å²) in [6.07, 6.45) is 1.81. The molecule has 4 amide bonds. The molecule has 30 heavy (non-hydrogen) atoms. The number of rotatable bonds is 8. The number of nitrogens with zero attached hydrogens (tertiary/aromatic N) is 1. The van der Waals surface area contributed by atoms with E-state index in [4.69, 9.17) is 0 Å². The number of thiophene rings is 1. The molecule has 2 N–H and O–H groups in total. The molecule has 1 aromatic heterocycles. The quantitative estimate of drug-likeness (QED) is 0.612. The lowest BCUT2D eigenvalue weighted by Crippen LogP contribution is -2.38. The predicted octanol–water partition coefficient (Wildman–Crippen LogP) is 3.03. The number of carbonyl (C=O) groups is 4. The molecule has 0 atom stereocenters. The molecule has 1 aliphatic heterocycles. The van der Waals surface area contributed by atoms with Crippen LogP contribution in [0.3, 0.4) is 0 Å². The number of benzene rings is 1. The minimum atomic E-state index is -0.358. The number of hydrogen-bond acceptors (Lipinski definition) is 6. The highest BCUT2D eigenvalue weighted by Gasteiger charge is 2.34. The van der Waals surface area contributed by atoms with Crippen molar-refractivity contribution in [2.24, 2.45) is 0 Å². The Labute approximate surface area is 182 Å². The molecule has 7 nitrogen and oxygen atoms in total. The molecule has 0 aliphatic carbocycles. The topological polar surface area (TPSA) is 95.6 Å². The van der Waals surface area contributed by atoms with E-state index in [9.17, 15) is 19.2 Å². The van der Waals surface area contributed by atoms with Crippen molar-refractivity contribution in [3.63, 3.8) is 0 Å². The average molecular weight is 444 g/mol. The lowest BCUT2D eigenvalue weighted by Gasteiger charge is -2.13. The summed E-state index contributed by atoms with van der Waals surface area (Å²) < 4.78 is 0. The minimum Gasteiger partial charge on any atom is -0.354 e. The van der Waals surface area contributed by atoms with Gasteiger partial charge in [-0.1, -0.05) is 29.8 Å². The highest BCUT2D eigenvalue weighted by molar-refractivity contribution is 8.18. The van der Waals surface area contributed by atoms with Crippen LogP contribution in [-0.4, -0.2) is 47.5 Å². The number of hydrogen-bond donors (Lipinski definition) is 2. The highest BCUT2D eigenvalue weighted by Crippen LogP contribution is 2.31. The molecule has 0 radical (unpaired) electrons. The summed E-state index contributed by atoms with van der Waals surface area (Å²) >= 11 is 2.32. The van der Waals surface area contributed by atoms with E-state index in [2.05, 4.69) is 10.6 Å². The van der Waals surface area contributed by atoms with Crippen LogP contribution in [0.15, 0.2) is 46.0 Å². The number of nitrogens with one attached hydrogen (secondary N) is 2. The standard InChI is InChI=1S/C21H21N3O4S2/c1-14-2-4-15(5-3-14)12-17-20(27)24(21(28)30-17)10-9-22-18(25)6-8-23-19(26)16-7-11-29-13-16/h2-5,7,11-13H,6,8-10H2,1H3,(H,22,25)(H,23,26)/b17-12-. The van der Waals surface area contributed by atoms with Crippen LogP contribution in [0.1, 0.15) is 27.9 Å². The molecule has 156 valence electrons. The second-order valence-electron chi connectivity index (χ2n) is 6.61. The van der Waals surface area contributed by atoms with Crippen molar-refractivity contribution in [3.05, 3.63) is 62.7 Å². The summed E-state index contributed by atoms with van der Waals surface area (Å²) in [4.78, 5) is 49.8. The SMILES string of the molecule is Cc1ccc(/C=C2\SC(=O)N(CCNC(=O)CCNC(=O)c3ccsc3)C2=O)cc1. The Balaban J connectivity index is 1.41. The number of aryl methyl sites for hydroxylation is 1. The molecule has 3 rings (SSSR count). The molecule has 0 unspecified atom stereocenters. The second kappa shape index (κ2) is 10.2. The summed E-state index contributed by atoms with van der Waals surface area (Å²) in [5.74, 6) is -0.840. The third-order valence-corrected chi connectivity index (χ3v) is 5.92. The van der Waals surface area contributed by atoms with E-state index in [0.29, 0.717) is 10.5 Å². The van der Waals surface area contributed by atoms with Crippen LogP contribution in [0.2, 0.25) is 0 Å². The van der Waals surface area contributed by atoms with Crippen LogP contribution in [-0.2, 0) is 9.59 Å². The Bertz CT molecular complexity index is 969. The van der Waals surface area contributed by atoms with Gasteiger partial charge in [0.15, 0.2) is 0 Å². The first-order chi connectivity index (χ1) is 14.4. The number of amides is 4. The molecule has 2 aromatic rings. The van der Waals surface area contributed by atoms with Gasteiger partial charge in [-0.3, -0.25) is 24.1 Å². The fourth-order valence-corrected chi connectivity index (χ4v) is 4.19. The summed E-state index contributed by atoms with van der Waals surface area (Å²) in [5, 5.41) is 8.53. The lowest BCUT2D eigenvalue weighted by molar-refractivity contribution is -0.124. The maximum absolute atomic E-state index is 12.5. The van der Waals surface area contributed by atoms with Crippen LogP contribution < -0.4 is 10.6 Å². The predicted molar refractivity (Wildman–Crippen MR) is 118 cm³/mol. The Morgan fingerprint density at radius 2 is 1.83 bits per heavy atom. The van der Waals surface area contributed by atoms with E-state index in [-0.39, 0.29) is 49.0 Å². The Hall–Kier alpha value is -2.91. The third-order valence-electron chi connectivity index (χ3n) is 4.33. The maximum Gasteiger partial charge on any atom is 0.293 e. The fraction of sp³-hybridized carbons (Fsp3) is 0.238. The maximum atomic E-state index is 12.5. The molecular weight excluding hydrogens is 422 g/mol. The van der Waals surface area contributed by atoms with E-state index in [1.807, 2.05) is 36.6 Å². The van der Waals surface area contributed by atoms with Crippen molar-refractivity contribution in [2.75, 3.05) is 19.6 Å². The second-order valence-corrected chi connectivity index (χ2v) is 8.39. The van der Waals surface area contributed by atoms with Crippen molar-refractivity contribution >= 4 is 52.1 Å². The first-order valence-corrected chi connectivity index (χ1v) is 11.1. The van der Waals surface area contributed by atoms with Crippen molar-refractivity contribution in [2.45, 2.75) is 13.3 Å². The zero-order valence-corrected chi connectivity index (χ0v) is 18.0. The van der Waals surface area contributed by atoms with Crippen LogP contribution in [0.4, 0.5) is 4.79 Å². The smallest absolute Gasteiger partial charge is 0.293 e. The van der Waals surface area contributed by atoms with Gasteiger partial charge >= 0.3 is 0 Å². The third kappa shape index (κ3) is 5.80. The minimum absolute atomic E-state index is 0.100. The first kappa shape index (κ1) is 21.8. The molecule has 1 aliphatic rings. The molecule has 1 fully saturated rings. The van der Waals surface area contributed by atoms with Crippen molar-refractivity contribution in [3.8, 4) is 0 Å². The molecule has 1 saturated heterocycles. The van der Waals surface area contributed by atoms with Crippen LogP contribution >= 0.6 is 23.1 Å². The van der Waals surface area contributed by atoms with Crippen LogP contribution in [0.5, 0.6) is 0 Å². The van der Waals surface area contributed by atoms with E-state index in [1.165, 1.54) is 11.3 Å². The van der Waals surface area contributed by atoms with E-state index >= 15 is 0 Å². The molecule has 1 aromatic carbocycles. The number of carbonyl (C=O) groups excluding carboxylic acids is 4. The first-order valence-electron chi connectivity index (χ1n) is 9.33. The summed E-state index contributed by atoms with van der Waals surface area (Å²) in [5.41, 5.74) is 2.53. The molecule has 0 bridgehead atoms. The molecule has 9 heteroatoms. The Morgan fingerprint density at radius 3 is 2.53 bits per heavy atom. The van der Waals surface area contributed by atoms with Gasteiger partial charge in [0.1, 0.15) is 0 Å². The molecule has 0 saturated carbocycles. The van der Waals surface area contributed by atoms with Gasteiger partial charge in [0, 0.05) is 37.0 Å². The van der Waals surface area contributed by atoms with Crippen molar-refractivity contribution in [1.29, 1.82) is 0 Å². The van der Waals surface area contributed by atoms with Gasteiger partial charge in [-0.2, -0.15) is 11.3 Å². The number of thioether (sulfide) groups is 1. The molecule has 2 heterocycles. The Morgan fingerprint density at radius 1 is 1.07 bits per heavy atom. The highest BCUT2D eigenvalue weighted by atomic mass is 32.2. The number of imide groups is 1. The normalized spacial score (nSPS) is 15.0. The van der Waals surface area contributed by atoms with E-state index in [1.54, 1.807) is 17.5 Å². The average Bonchev–Trinajstić information content (AvgIpc) is 3.34. The van der Waals surface area contributed by atoms with Crippen LogP contribution in [0.25, 0.3) is 6.08 Å².